The molecule has 29 heavy (non-hydrogen) atoms. The number of halogens is 1. The predicted octanol–water partition coefficient (Wildman–Crippen LogP) is 4.62. The highest BCUT2D eigenvalue weighted by Gasteiger charge is 2.24. The van der Waals surface area contributed by atoms with Gasteiger partial charge < -0.3 is 19.7 Å². The lowest BCUT2D eigenvalue weighted by atomic mass is 9.77. The standard InChI is InChI=1S/C24H33ClO4/c1-16(12-25)14-28-22-8-6-19(10-17(22)2)24(4,5)20-7-9-23(18(3)11-20)29-15-21(27)13-26/h6-11,16,21,26-27H,12-15H2,1-5H3/t16-,21-/m1/s1. The second kappa shape index (κ2) is 10.3. The molecule has 0 aliphatic rings. The summed E-state index contributed by atoms with van der Waals surface area (Å²) in [6, 6.07) is 12.4. The van der Waals surface area contributed by atoms with E-state index in [-0.39, 0.29) is 18.6 Å². The molecule has 5 heteroatoms. The zero-order chi connectivity index (χ0) is 21.6. The summed E-state index contributed by atoms with van der Waals surface area (Å²) < 4.78 is 11.5. The lowest BCUT2D eigenvalue weighted by Gasteiger charge is -2.28. The number of aliphatic hydroxyl groups is 2. The van der Waals surface area contributed by atoms with Crippen LogP contribution in [0.4, 0.5) is 0 Å². The second-order valence-corrected chi connectivity index (χ2v) is 8.61. The van der Waals surface area contributed by atoms with E-state index in [9.17, 15) is 5.11 Å². The molecule has 0 spiro atoms. The van der Waals surface area contributed by atoms with Crippen molar-refractivity contribution in [3.63, 3.8) is 0 Å². The molecule has 0 unspecified atom stereocenters. The monoisotopic (exact) mass is 420 g/mol. The van der Waals surface area contributed by atoms with Crippen LogP contribution in [0, 0.1) is 19.8 Å². The van der Waals surface area contributed by atoms with E-state index in [1.165, 1.54) is 11.1 Å². The Morgan fingerprint density at radius 1 is 0.931 bits per heavy atom. The van der Waals surface area contributed by atoms with E-state index >= 15 is 0 Å². The third-order valence-corrected chi connectivity index (χ3v) is 5.75. The van der Waals surface area contributed by atoms with Gasteiger partial charge in [-0.25, -0.2) is 0 Å². The maximum Gasteiger partial charge on any atom is 0.122 e. The summed E-state index contributed by atoms with van der Waals surface area (Å²) in [6.45, 7) is 10.9. The number of rotatable bonds is 10. The first-order valence-electron chi connectivity index (χ1n) is 10.0. The summed E-state index contributed by atoms with van der Waals surface area (Å²) in [5.74, 6) is 2.51. The van der Waals surface area contributed by atoms with Gasteiger partial charge in [-0.3, -0.25) is 0 Å². The zero-order valence-corrected chi connectivity index (χ0v) is 18.8. The second-order valence-electron chi connectivity index (χ2n) is 8.30. The average molecular weight is 421 g/mol. The van der Waals surface area contributed by atoms with Crippen molar-refractivity contribution in [3.05, 3.63) is 58.7 Å². The van der Waals surface area contributed by atoms with E-state index < -0.39 is 6.10 Å². The van der Waals surface area contributed by atoms with Crippen molar-refractivity contribution in [2.45, 2.75) is 46.1 Å². The van der Waals surface area contributed by atoms with Crippen LogP contribution in [0.1, 0.15) is 43.0 Å². The summed E-state index contributed by atoms with van der Waals surface area (Å²) in [4.78, 5) is 0. The first-order chi connectivity index (χ1) is 13.7. The maximum atomic E-state index is 9.48. The molecular formula is C24H33ClO4. The van der Waals surface area contributed by atoms with Gasteiger partial charge in [-0.15, -0.1) is 11.6 Å². The Bertz CT molecular complexity index is 738. The summed E-state index contributed by atoms with van der Waals surface area (Å²) in [7, 11) is 0. The topological polar surface area (TPSA) is 58.9 Å². The summed E-state index contributed by atoms with van der Waals surface area (Å²) in [5, 5.41) is 18.4. The van der Waals surface area contributed by atoms with E-state index in [0.717, 1.165) is 16.9 Å². The van der Waals surface area contributed by atoms with Gasteiger partial charge in [0.25, 0.3) is 0 Å². The highest BCUT2D eigenvalue weighted by Crippen LogP contribution is 2.36. The fraction of sp³-hybridized carbons (Fsp3) is 0.500. The van der Waals surface area contributed by atoms with Gasteiger partial charge in [0.2, 0.25) is 0 Å². The van der Waals surface area contributed by atoms with Gasteiger partial charge in [0.1, 0.15) is 24.2 Å². The fourth-order valence-electron chi connectivity index (χ4n) is 3.08. The van der Waals surface area contributed by atoms with Crippen LogP contribution < -0.4 is 9.47 Å². The largest absolute Gasteiger partial charge is 0.493 e. The minimum atomic E-state index is -0.873. The highest BCUT2D eigenvalue weighted by atomic mass is 35.5. The number of alkyl halides is 1. The lowest BCUT2D eigenvalue weighted by Crippen LogP contribution is -2.22. The Hall–Kier alpha value is -1.75. The number of aryl methyl sites for hydroxylation is 2. The van der Waals surface area contributed by atoms with Crippen molar-refractivity contribution >= 4 is 11.6 Å². The number of aliphatic hydroxyl groups excluding tert-OH is 2. The molecule has 0 bridgehead atoms. The maximum absolute atomic E-state index is 9.48. The number of hydrogen-bond acceptors (Lipinski definition) is 4. The average Bonchev–Trinajstić information content (AvgIpc) is 2.71. The zero-order valence-electron chi connectivity index (χ0n) is 18.0. The van der Waals surface area contributed by atoms with Crippen molar-refractivity contribution in [1.82, 2.24) is 0 Å². The van der Waals surface area contributed by atoms with E-state index in [1.807, 2.05) is 19.1 Å². The molecular weight excluding hydrogens is 388 g/mol. The first kappa shape index (κ1) is 23.5. The van der Waals surface area contributed by atoms with Gasteiger partial charge in [-0.2, -0.15) is 0 Å². The Morgan fingerprint density at radius 3 is 1.83 bits per heavy atom. The van der Waals surface area contributed by atoms with Crippen LogP contribution in [-0.2, 0) is 5.41 Å². The van der Waals surface area contributed by atoms with Crippen molar-refractivity contribution in [2.24, 2.45) is 5.92 Å². The highest BCUT2D eigenvalue weighted by molar-refractivity contribution is 6.18. The fourth-order valence-corrected chi connectivity index (χ4v) is 3.17. The molecule has 2 rings (SSSR count). The predicted molar refractivity (Wildman–Crippen MR) is 118 cm³/mol. The molecule has 0 saturated carbocycles. The molecule has 160 valence electrons. The Morgan fingerprint density at radius 2 is 1.41 bits per heavy atom. The van der Waals surface area contributed by atoms with Crippen molar-refractivity contribution < 1.29 is 19.7 Å². The third-order valence-electron chi connectivity index (χ3n) is 5.22. The molecule has 0 saturated heterocycles. The van der Waals surface area contributed by atoms with Gasteiger partial charge in [0.15, 0.2) is 0 Å². The van der Waals surface area contributed by atoms with Crippen LogP contribution in [0.5, 0.6) is 11.5 Å². The van der Waals surface area contributed by atoms with Crippen LogP contribution >= 0.6 is 11.6 Å². The number of benzene rings is 2. The molecule has 0 heterocycles. The van der Waals surface area contributed by atoms with Crippen molar-refractivity contribution in [2.75, 3.05) is 25.7 Å². The molecule has 0 aliphatic carbocycles. The van der Waals surface area contributed by atoms with Crippen molar-refractivity contribution in [3.8, 4) is 11.5 Å². The molecule has 2 aromatic carbocycles. The normalized spacial score (nSPS) is 13.8. The van der Waals surface area contributed by atoms with E-state index in [1.54, 1.807) is 0 Å². The van der Waals surface area contributed by atoms with Gasteiger partial charge in [0, 0.05) is 17.2 Å². The molecule has 0 aromatic heterocycles. The van der Waals surface area contributed by atoms with Crippen LogP contribution in [0.15, 0.2) is 36.4 Å². The van der Waals surface area contributed by atoms with Gasteiger partial charge >= 0.3 is 0 Å². The number of ether oxygens (including phenoxy) is 2. The molecule has 2 N–H and O–H groups in total. The van der Waals surface area contributed by atoms with Gasteiger partial charge in [-0.1, -0.05) is 45.0 Å². The quantitative estimate of drug-likeness (QED) is 0.551. The SMILES string of the molecule is Cc1cc(C(C)(C)c2ccc(OC[C@H](O)CO)c(C)c2)ccc1OC[C@H](C)CCl. The Labute approximate surface area is 179 Å². The molecule has 0 aliphatic heterocycles. The summed E-state index contributed by atoms with van der Waals surface area (Å²) in [5.41, 5.74) is 4.28. The van der Waals surface area contributed by atoms with Gasteiger partial charge in [0.05, 0.1) is 13.2 Å². The molecule has 0 radical (unpaired) electrons. The Kier molecular flexibility index (Phi) is 8.38. The smallest absolute Gasteiger partial charge is 0.122 e. The number of hydrogen-bond donors (Lipinski definition) is 2. The molecule has 0 amide bonds. The molecule has 2 atom stereocenters. The first-order valence-corrected chi connectivity index (χ1v) is 10.5. The molecule has 4 nitrogen and oxygen atoms in total. The minimum absolute atomic E-state index is 0.0725. The van der Waals surface area contributed by atoms with Crippen LogP contribution in [0.2, 0.25) is 0 Å². The summed E-state index contributed by atoms with van der Waals surface area (Å²) >= 11 is 5.86. The molecule has 2 aromatic rings. The van der Waals surface area contributed by atoms with Crippen LogP contribution in [0.3, 0.4) is 0 Å². The third kappa shape index (κ3) is 6.11. The lowest BCUT2D eigenvalue weighted by molar-refractivity contribution is 0.0534. The van der Waals surface area contributed by atoms with Crippen LogP contribution in [-0.4, -0.2) is 42.0 Å². The van der Waals surface area contributed by atoms with Crippen LogP contribution in [0.25, 0.3) is 0 Å². The minimum Gasteiger partial charge on any atom is -0.493 e. The van der Waals surface area contributed by atoms with E-state index in [4.69, 9.17) is 26.2 Å². The van der Waals surface area contributed by atoms with Gasteiger partial charge in [-0.05, 0) is 48.2 Å². The summed E-state index contributed by atoms with van der Waals surface area (Å²) in [6.07, 6.45) is -0.873. The van der Waals surface area contributed by atoms with E-state index in [2.05, 4.69) is 52.0 Å². The Balaban J connectivity index is 2.19. The van der Waals surface area contributed by atoms with Crippen molar-refractivity contribution in [1.29, 1.82) is 0 Å². The van der Waals surface area contributed by atoms with E-state index in [0.29, 0.717) is 24.2 Å². The molecule has 0 fully saturated rings.